The Kier molecular flexibility index (Phi) is 5.36. The summed E-state index contributed by atoms with van der Waals surface area (Å²) in [5.41, 5.74) is 2.59. The van der Waals surface area contributed by atoms with Crippen molar-refractivity contribution >= 4 is 28.6 Å². The number of imidazole rings is 1. The number of nitrogens with one attached hydrogen (secondary N) is 2. The number of benzene rings is 1. The summed E-state index contributed by atoms with van der Waals surface area (Å²) >= 11 is 0. The van der Waals surface area contributed by atoms with Crippen LogP contribution in [0.4, 0.5) is 5.69 Å². The number of hydrogen-bond acceptors (Lipinski definition) is 3. The van der Waals surface area contributed by atoms with Crippen LogP contribution in [0.3, 0.4) is 0 Å². The maximum absolute atomic E-state index is 12.4. The van der Waals surface area contributed by atoms with Crippen LogP contribution in [-0.4, -0.2) is 27.0 Å². The molecule has 1 heterocycles. The summed E-state index contributed by atoms with van der Waals surface area (Å²) in [6.07, 6.45) is 5.58. The Morgan fingerprint density at radius 3 is 2.64 bits per heavy atom. The SMILES string of the molecule is CCCCc1nc2ccc(NC(=O)C3CCC(C(=O)O)CC3)cc2[nH]1. The average molecular weight is 343 g/mol. The topological polar surface area (TPSA) is 95.1 Å². The van der Waals surface area contributed by atoms with E-state index in [0.717, 1.165) is 41.8 Å². The van der Waals surface area contributed by atoms with E-state index < -0.39 is 5.97 Å². The Balaban J connectivity index is 1.62. The Morgan fingerprint density at radius 1 is 1.24 bits per heavy atom. The summed E-state index contributed by atoms with van der Waals surface area (Å²) in [5.74, 6) is -0.191. The average Bonchev–Trinajstić information content (AvgIpc) is 3.02. The maximum Gasteiger partial charge on any atom is 0.306 e. The third kappa shape index (κ3) is 4.18. The van der Waals surface area contributed by atoms with E-state index in [1.165, 1.54) is 0 Å². The quantitative estimate of drug-likeness (QED) is 0.744. The molecule has 1 aromatic carbocycles. The van der Waals surface area contributed by atoms with Crippen LogP contribution >= 0.6 is 0 Å². The van der Waals surface area contributed by atoms with Crippen LogP contribution in [0.5, 0.6) is 0 Å². The van der Waals surface area contributed by atoms with Crippen LogP contribution in [-0.2, 0) is 16.0 Å². The lowest BCUT2D eigenvalue weighted by Gasteiger charge is -2.25. The van der Waals surface area contributed by atoms with Crippen molar-refractivity contribution in [2.45, 2.75) is 51.9 Å². The predicted octanol–water partition coefficient (Wildman–Crippen LogP) is 3.74. The zero-order chi connectivity index (χ0) is 17.8. The standard InChI is InChI=1S/C19H25N3O3/c1-2-3-4-17-21-15-10-9-14(11-16(15)22-17)20-18(23)12-5-7-13(8-6-12)19(24)25/h9-13H,2-8H2,1H3,(H,20,23)(H,21,22)(H,24,25). The highest BCUT2D eigenvalue weighted by Crippen LogP contribution is 2.30. The van der Waals surface area contributed by atoms with Gasteiger partial charge in [0.15, 0.2) is 0 Å². The van der Waals surface area contributed by atoms with Gasteiger partial charge in [-0.15, -0.1) is 0 Å². The number of carboxylic acid groups (broad SMARTS) is 1. The van der Waals surface area contributed by atoms with E-state index in [0.29, 0.717) is 25.7 Å². The lowest BCUT2D eigenvalue weighted by Crippen LogP contribution is -2.29. The molecule has 0 aliphatic heterocycles. The maximum atomic E-state index is 12.4. The van der Waals surface area contributed by atoms with Crippen LogP contribution < -0.4 is 5.32 Å². The molecule has 1 saturated carbocycles. The van der Waals surface area contributed by atoms with Gasteiger partial charge in [-0.1, -0.05) is 13.3 Å². The lowest BCUT2D eigenvalue weighted by molar-refractivity contribution is -0.143. The van der Waals surface area contributed by atoms with Crippen molar-refractivity contribution in [3.8, 4) is 0 Å². The first kappa shape index (κ1) is 17.5. The molecule has 25 heavy (non-hydrogen) atoms. The fraction of sp³-hybridized carbons (Fsp3) is 0.526. The Bertz CT molecular complexity index is 760. The van der Waals surface area contributed by atoms with Gasteiger partial charge in [-0.3, -0.25) is 9.59 Å². The van der Waals surface area contributed by atoms with Crippen LogP contribution in [0.2, 0.25) is 0 Å². The fourth-order valence-corrected chi connectivity index (χ4v) is 3.45. The van der Waals surface area contributed by atoms with Gasteiger partial charge in [-0.25, -0.2) is 4.98 Å². The number of amides is 1. The highest BCUT2D eigenvalue weighted by Gasteiger charge is 2.29. The molecule has 134 valence electrons. The van der Waals surface area contributed by atoms with Gasteiger partial charge in [0.05, 0.1) is 17.0 Å². The lowest BCUT2D eigenvalue weighted by atomic mass is 9.81. The van der Waals surface area contributed by atoms with Gasteiger partial charge in [-0.05, 0) is 50.3 Å². The van der Waals surface area contributed by atoms with E-state index in [9.17, 15) is 9.59 Å². The monoisotopic (exact) mass is 343 g/mol. The normalized spacial score (nSPS) is 20.5. The van der Waals surface area contributed by atoms with E-state index in [1.807, 2.05) is 18.2 Å². The van der Waals surface area contributed by atoms with Gasteiger partial charge in [0, 0.05) is 18.0 Å². The minimum Gasteiger partial charge on any atom is -0.481 e. The summed E-state index contributed by atoms with van der Waals surface area (Å²) in [6, 6.07) is 5.70. The molecule has 1 aliphatic carbocycles. The smallest absolute Gasteiger partial charge is 0.306 e. The second-order valence-corrected chi connectivity index (χ2v) is 6.90. The Labute approximate surface area is 147 Å². The van der Waals surface area contributed by atoms with E-state index in [4.69, 9.17) is 5.11 Å². The number of carbonyl (C=O) groups is 2. The number of aromatic amines is 1. The van der Waals surface area contributed by atoms with Crippen molar-refractivity contribution in [3.05, 3.63) is 24.0 Å². The molecule has 1 amide bonds. The highest BCUT2D eigenvalue weighted by atomic mass is 16.4. The summed E-state index contributed by atoms with van der Waals surface area (Å²) in [5, 5.41) is 12.0. The fourth-order valence-electron chi connectivity index (χ4n) is 3.45. The van der Waals surface area contributed by atoms with Gasteiger partial charge in [0.2, 0.25) is 5.91 Å². The molecular weight excluding hydrogens is 318 g/mol. The number of rotatable bonds is 6. The minimum atomic E-state index is -0.748. The number of hydrogen-bond donors (Lipinski definition) is 3. The first-order valence-corrected chi connectivity index (χ1v) is 9.09. The second kappa shape index (κ2) is 7.68. The van der Waals surface area contributed by atoms with E-state index in [-0.39, 0.29) is 17.7 Å². The number of aliphatic carboxylic acids is 1. The number of carboxylic acids is 1. The van der Waals surface area contributed by atoms with Gasteiger partial charge < -0.3 is 15.4 Å². The predicted molar refractivity (Wildman–Crippen MR) is 96.4 cm³/mol. The molecule has 0 bridgehead atoms. The highest BCUT2D eigenvalue weighted by molar-refractivity contribution is 5.94. The molecule has 6 heteroatoms. The summed E-state index contributed by atoms with van der Waals surface area (Å²) in [7, 11) is 0. The molecular formula is C19H25N3O3. The van der Waals surface area contributed by atoms with Crippen LogP contribution in [0.1, 0.15) is 51.3 Å². The first-order chi connectivity index (χ1) is 12.1. The van der Waals surface area contributed by atoms with E-state index in [2.05, 4.69) is 22.2 Å². The number of unbranched alkanes of at least 4 members (excludes halogenated alkanes) is 1. The van der Waals surface area contributed by atoms with Crippen molar-refractivity contribution in [2.24, 2.45) is 11.8 Å². The zero-order valence-corrected chi connectivity index (χ0v) is 14.5. The van der Waals surface area contributed by atoms with E-state index >= 15 is 0 Å². The van der Waals surface area contributed by atoms with Crippen LogP contribution in [0.15, 0.2) is 18.2 Å². The number of carbonyl (C=O) groups excluding carboxylic acids is 1. The molecule has 1 aromatic heterocycles. The molecule has 2 aromatic rings. The molecule has 1 aliphatic rings. The summed E-state index contributed by atoms with van der Waals surface area (Å²) in [6.45, 7) is 2.15. The van der Waals surface area contributed by atoms with Gasteiger partial charge >= 0.3 is 5.97 Å². The first-order valence-electron chi connectivity index (χ1n) is 9.09. The van der Waals surface area contributed by atoms with Crippen LogP contribution in [0, 0.1) is 11.8 Å². The van der Waals surface area contributed by atoms with Crippen LogP contribution in [0.25, 0.3) is 11.0 Å². The summed E-state index contributed by atoms with van der Waals surface area (Å²) in [4.78, 5) is 31.3. The molecule has 0 saturated heterocycles. The number of anilines is 1. The van der Waals surface area contributed by atoms with E-state index in [1.54, 1.807) is 0 Å². The summed E-state index contributed by atoms with van der Waals surface area (Å²) < 4.78 is 0. The molecule has 0 atom stereocenters. The third-order valence-corrected chi connectivity index (χ3v) is 5.01. The molecule has 3 rings (SSSR count). The zero-order valence-electron chi connectivity index (χ0n) is 14.5. The Morgan fingerprint density at radius 2 is 1.96 bits per heavy atom. The van der Waals surface area contributed by atoms with Gasteiger partial charge in [0.1, 0.15) is 5.82 Å². The van der Waals surface area contributed by atoms with Crippen molar-refractivity contribution in [1.29, 1.82) is 0 Å². The van der Waals surface area contributed by atoms with Crippen molar-refractivity contribution in [3.63, 3.8) is 0 Å². The molecule has 0 spiro atoms. The van der Waals surface area contributed by atoms with Crippen molar-refractivity contribution in [2.75, 3.05) is 5.32 Å². The minimum absolute atomic E-state index is 0.0195. The molecule has 0 radical (unpaired) electrons. The van der Waals surface area contributed by atoms with Gasteiger partial charge in [-0.2, -0.15) is 0 Å². The second-order valence-electron chi connectivity index (χ2n) is 6.90. The largest absolute Gasteiger partial charge is 0.481 e. The van der Waals surface area contributed by atoms with Gasteiger partial charge in [0.25, 0.3) is 0 Å². The molecule has 6 nitrogen and oxygen atoms in total. The molecule has 0 unspecified atom stereocenters. The number of aromatic nitrogens is 2. The number of nitrogens with zero attached hydrogens (tertiary/aromatic N) is 1. The number of H-pyrrole nitrogens is 1. The van der Waals surface area contributed by atoms with Crippen molar-refractivity contribution in [1.82, 2.24) is 9.97 Å². The number of aryl methyl sites for hydroxylation is 1. The third-order valence-electron chi connectivity index (χ3n) is 5.01. The number of fused-ring (bicyclic) bond motifs is 1. The molecule has 1 fully saturated rings. The molecule has 3 N–H and O–H groups in total. The van der Waals surface area contributed by atoms with Crippen molar-refractivity contribution < 1.29 is 14.7 Å². The Hall–Kier alpha value is -2.37.